The Bertz CT molecular complexity index is 514. The van der Waals surface area contributed by atoms with Gasteiger partial charge in [0, 0.05) is 6.92 Å². The van der Waals surface area contributed by atoms with Gasteiger partial charge in [0.05, 0.1) is 13.2 Å². The first-order valence-electron chi connectivity index (χ1n) is 4.85. The van der Waals surface area contributed by atoms with Crippen molar-refractivity contribution in [2.24, 2.45) is 0 Å². The summed E-state index contributed by atoms with van der Waals surface area (Å²) in [6.45, 7) is 2.51. The second-order valence-electron chi connectivity index (χ2n) is 3.94. The second-order valence-corrected chi connectivity index (χ2v) is 3.94. The molecule has 1 aromatic carbocycles. The van der Waals surface area contributed by atoms with E-state index in [-0.39, 0.29) is 0 Å². The van der Waals surface area contributed by atoms with Crippen molar-refractivity contribution in [2.75, 3.05) is 13.2 Å². The lowest BCUT2D eigenvalue weighted by Gasteiger charge is -2.36. The topological polar surface area (TPSA) is 55.5 Å². The molecule has 2 aromatic rings. The Morgan fingerprint density at radius 2 is 2.20 bits per heavy atom. The summed E-state index contributed by atoms with van der Waals surface area (Å²) in [4.78, 5) is 4.20. The molecule has 1 aliphatic rings. The highest BCUT2D eigenvalue weighted by Gasteiger charge is 2.38. The average molecular weight is 205 g/mol. The molecule has 0 spiro atoms. The molecule has 0 radical (unpaired) electrons. The molecule has 3 rings (SSSR count). The maximum absolute atomic E-state index is 10.1. The van der Waals surface area contributed by atoms with Crippen LogP contribution in [0.3, 0.4) is 0 Å². The van der Waals surface area contributed by atoms with Gasteiger partial charge in [0.1, 0.15) is 11.1 Å². The Balaban J connectivity index is 2.13. The molecule has 0 bridgehead atoms. The average Bonchev–Trinajstić information content (AvgIpc) is 2.53. The minimum atomic E-state index is -0.838. The number of oxazole rings is 1. The van der Waals surface area contributed by atoms with Gasteiger partial charge in [-0.05, 0) is 17.7 Å². The molecule has 15 heavy (non-hydrogen) atoms. The van der Waals surface area contributed by atoms with E-state index in [1.807, 2.05) is 18.2 Å². The smallest absolute Gasteiger partial charge is 0.192 e. The van der Waals surface area contributed by atoms with Crippen LogP contribution in [0.2, 0.25) is 0 Å². The van der Waals surface area contributed by atoms with Crippen LogP contribution in [-0.2, 0) is 10.3 Å². The van der Waals surface area contributed by atoms with E-state index in [2.05, 4.69) is 4.98 Å². The highest BCUT2D eigenvalue weighted by molar-refractivity contribution is 5.73. The van der Waals surface area contributed by atoms with Crippen molar-refractivity contribution in [1.82, 2.24) is 4.98 Å². The molecular weight excluding hydrogens is 194 g/mol. The lowest BCUT2D eigenvalue weighted by atomic mass is 9.92. The highest BCUT2D eigenvalue weighted by Crippen LogP contribution is 2.31. The molecule has 0 amide bonds. The Kier molecular flexibility index (Phi) is 1.66. The maximum atomic E-state index is 10.1. The molecule has 78 valence electrons. The van der Waals surface area contributed by atoms with Gasteiger partial charge in [-0.2, -0.15) is 0 Å². The van der Waals surface area contributed by atoms with Crippen molar-refractivity contribution in [3.05, 3.63) is 29.7 Å². The number of rotatable bonds is 1. The minimum absolute atomic E-state index is 0.353. The Morgan fingerprint density at radius 1 is 1.40 bits per heavy atom. The van der Waals surface area contributed by atoms with Crippen molar-refractivity contribution in [2.45, 2.75) is 12.5 Å². The zero-order valence-electron chi connectivity index (χ0n) is 8.36. The minimum Gasteiger partial charge on any atom is -0.441 e. The summed E-state index contributed by atoms with van der Waals surface area (Å²) in [6.07, 6.45) is 0. The van der Waals surface area contributed by atoms with Crippen LogP contribution in [0.1, 0.15) is 11.5 Å². The molecule has 4 nitrogen and oxygen atoms in total. The number of nitrogens with zero attached hydrogens (tertiary/aromatic N) is 1. The maximum Gasteiger partial charge on any atom is 0.192 e. The lowest BCUT2D eigenvalue weighted by molar-refractivity contribution is -0.184. The van der Waals surface area contributed by atoms with Crippen LogP contribution in [-0.4, -0.2) is 23.3 Å². The van der Waals surface area contributed by atoms with Crippen molar-refractivity contribution in [3.8, 4) is 0 Å². The van der Waals surface area contributed by atoms with Gasteiger partial charge >= 0.3 is 0 Å². The number of aliphatic hydroxyl groups is 1. The predicted molar refractivity (Wildman–Crippen MR) is 53.5 cm³/mol. The number of hydrogen-bond donors (Lipinski definition) is 1. The number of benzene rings is 1. The molecule has 0 atom stereocenters. The summed E-state index contributed by atoms with van der Waals surface area (Å²) in [7, 11) is 0. The molecule has 4 heteroatoms. The summed E-state index contributed by atoms with van der Waals surface area (Å²) >= 11 is 0. The number of ether oxygens (including phenoxy) is 1. The number of aryl methyl sites for hydroxylation is 1. The van der Waals surface area contributed by atoms with Crippen molar-refractivity contribution in [3.63, 3.8) is 0 Å². The molecule has 0 unspecified atom stereocenters. The van der Waals surface area contributed by atoms with E-state index in [4.69, 9.17) is 9.15 Å². The summed E-state index contributed by atoms with van der Waals surface area (Å²) in [6, 6.07) is 5.56. The van der Waals surface area contributed by atoms with Crippen LogP contribution < -0.4 is 0 Å². The molecule has 1 saturated heterocycles. The van der Waals surface area contributed by atoms with Crippen LogP contribution in [0.4, 0.5) is 0 Å². The van der Waals surface area contributed by atoms with Crippen molar-refractivity contribution >= 4 is 11.1 Å². The standard InChI is InChI=1S/C11H11NO3/c1-7-12-9-3-2-8(4-10(9)15-7)11(13)5-14-6-11/h2-4,13H,5-6H2,1H3. The SMILES string of the molecule is Cc1nc2ccc(C3(O)COC3)cc2o1. The van der Waals surface area contributed by atoms with Gasteiger partial charge < -0.3 is 14.3 Å². The summed E-state index contributed by atoms with van der Waals surface area (Å²) < 4.78 is 10.4. The van der Waals surface area contributed by atoms with E-state index >= 15 is 0 Å². The van der Waals surface area contributed by atoms with Crippen molar-refractivity contribution < 1.29 is 14.3 Å². The van der Waals surface area contributed by atoms with E-state index in [1.165, 1.54) is 0 Å². The van der Waals surface area contributed by atoms with E-state index in [1.54, 1.807) is 6.92 Å². The van der Waals surface area contributed by atoms with Gasteiger partial charge in [0.2, 0.25) is 0 Å². The first-order valence-corrected chi connectivity index (χ1v) is 4.85. The monoisotopic (exact) mass is 205 g/mol. The molecule has 1 aliphatic heterocycles. The van der Waals surface area contributed by atoms with E-state index in [9.17, 15) is 5.11 Å². The van der Waals surface area contributed by atoms with Gasteiger partial charge in [0.25, 0.3) is 0 Å². The summed E-state index contributed by atoms with van der Waals surface area (Å²) in [5.74, 6) is 0.638. The Morgan fingerprint density at radius 3 is 2.87 bits per heavy atom. The third-order valence-corrected chi connectivity index (χ3v) is 2.71. The first kappa shape index (κ1) is 8.88. The van der Waals surface area contributed by atoms with Crippen LogP contribution in [0.25, 0.3) is 11.1 Å². The van der Waals surface area contributed by atoms with Crippen LogP contribution in [0.15, 0.2) is 22.6 Å². The van der Waals surface area contributed by atoms with E-state index < -0.39 is 5.60 Å². The van der Waals surface area contributed by atoms with Gasteiger partial charge in [0.15, 0.2) is 11.5 Å². The van der Waals surface area contributed by atoms with Gasteiger partial charge in [-0.15, -0.1) is 0 Å². The fourth-order valence-corrected chi connectivity index (χ4v) is 1.79. The second kappa shape index (κ2) is 2.81. The van der Waals surface area contributed by atoms with Gasteiger partial charge in [-0.3, -0.25) is 0 Å². The number of fused-ring (bicyclic) bond motifs is 1. The van der Waals surface area contributed by atoms with Crippen molar-refractivity contribution in [1.29, 1.82) is 0 Å². The highest BCUT2D eigenvalue weighted by atomic mass is 16.5. The van der Waals surface area contributed by atoms with Crippen LogP contribution in [0.5, 0.6) is 0 Å². The van der Waals surface area contributed by atoms with Gasteiger partial charge in [-0.1, -0.05) is 6.07 Å². The molecular formula is C11H11NO3. The normalized spacial score (nSPS) is 19.1. The fraction of sp³-hybridized carbons (Fsp3) is 0.364. The summed E-state index contributed by atoms with van der Waals surface area (Å²) in [5, 5.41) is 10.1. The lowest BCUT2D eigenvalue weighted by Crippen LogP contribution is -2.46. The zero-order chi connectivity index (χ0) is 10.5. The van der Waals surface area contributed by atoms with E-state index in [0.29, 0.717) is 24.7 Å². The van der Waals surface area contributed by atoms with Crippen LogP contribution in [0, 0.1) is 6.92 Å². The zero-order valence-corrected chi connectivity index (χ0v) is 8.36. The fourth-order valence-electron chi connectivity index (χ4n) is 1.79. The molecule has 0 saturated carbocycles. The third kappa shape index (κ3) is 1.26. The Hall–Kier alpha value is -1.39. The first-order chi connectivity index (χ1) is 7.17. The molecule has 1 N–H and O–H groups in total. The summed E-state index contributed by atoms with van der Waals surface area (Å²) in [5.41, 5.74) is 1.53. The predicted octanol–water partition coefficient (Wildman–Crippen LogP) is 1.35. The van der Waals surface area contributed by atoms with Crippen LogP contribution >= 0.6 is 0 Å². The Labute approximate surface area is 86.5 Å². The molecule has 2 heterocycles. The number of aromatic nitrogens is 1. The number of hydrogen-bond acceptors (Lipinski definition) is 4. The third-order valence-electron chi connectivity index (χ3n) is 2.71. The molecule has 1 fully saturated rings. The molecule has 1 aromatic heterocycles. The van der Waals surface area contributed by atoms with Gasteiger partial charge in [-0.25, -0.2) is 4.98 Å². The van der Waals surface area contributed by atoms with E-state index in [0.717, 1.165) is 11.1 Å². The molecule has 0 aliphatic carbocycles. The quantitative estimate of drug-likeness (QED) is 0.763. The largest absolute Gasteiger partial charge is 0.441 e.